The van der Waals surface area contributed by atoms with E-state index in [2.05, 4.69) is 15.0 Å². The molecule has 0 saturated carbocycles. The van der Waals surface area contributed by atoms with Gasteiger partial charge >= 0.3 is 0 Å². The first-order valence-electron chi connectivity index (χ1n) is 9.28. The van der Waals surface area contributed by atoms with Gasteiger partial charge in [0.2, 0.25) is 17.5 Å². The molecule has 1 amide bonds. The lowest BCUT2D eigenvalue weighted by Gasteiger charge is -2.13. The average Bonchev–Trinajstić information content (AvgIpc) is 3.23. The van der Waals surface area contributed by atoms with Crippen molar-refractivity contribution < 1.29 is 31.5 Å². The molecule has 0 aliphatic carbocycles. The molecule has 0 aliphatic heterocycles. The van der Waals surface area contributed by atoms with Gasteiger partial charge in [0.15, 0.2) is 28.1 Å². The van der Waals surface area contributed by atoms with Crippen molar-refractivity contribution in [3.05, 3.63) is 77.4 Å². The molecule has 33 heavy (non-hydrogen) atoms. The summed E-state index contributed by atoms with van der Waals surface area (Å²) in [6.45, 7) is 0. The molecule has 1 heterocycles. The van der Waals surface area contributed by atoms with Crippen molar-refractivity contribution in [3.8, 4) is 17.2 Å². The van der Waals surface area contributed by atoms with Gasteiger partial charge in [0.05, 0.1) is 7.11 Å². The van der Waals surface area contributed by atoms with E-state index in [1.807, 2.05) is 17.4 Å². The molecule has 3 aromatic carbocycles. The summed E-state index contributed by atoms with van der Waals surface area (Å²) in [5.41, 5.74) is 0.748. The number of rotatable bonds is 4. The second-order valence-corrected chi connectivity index (χ2v) is 7.05. The molecule has 0 fully saturated rings. The molecule has 6 nitrogen and oxygen atoms in total. The van der Waals surface area contributed by atoms with Gasteiger partial charge in [0.1, 0.15) is 11.1 Å². The van der Waals surface area contributed by atoms with Gasteiger partial charge in [0, 0.05) is 11.3 Å². The third-order valence-electron chi connectivity index (χ3n) is 4.54. The number of halogens is 4. The number of methoxy groups -OCH3 is 1. The molecule has 0 unspecified atom stereocenters. The number of para-hydroxylation sites is 2. The highest BCUT2D eigenvalue weighted by Crippen LogP contribution is 2.30. The maximum absolute atomic E-state index is 14.1. The predicted octanol–water partition coefficient (Wildman–Crippen LogP) is 5.19. The number of benzene rings is 3. The van der Waals surface area contributed by atoms with Crippen LogP contribution in [0.5, 0.6) is 5.75 Å². The molecular formula is C22H13F4N3O3S. The Bertz CT molecular complexity index is 1350. The lowest BCUT2D eigenvalue weighted by atomic mass is 10.1. The molecule has 0 bridgehead atoms. The van der Waals surface area contributed by atoms with Crippen molar-refractivity contribution in [2.75, 3.05) is 12.4 Å². The van der Waals surface area contributed by atoms with Crippen LogP contribution in [0.3, 0.4) is 0 Å². The fourth-order valence-electron chi connectivity index (χ4n) is 3.04. The first kappa shape index (κ1) is 22.2. The number of carbonyl (C=O) groups excluding carboxylic acids is 1. The summed E-state index contributed by atoms with van der Waals surface area (Å²) in [5, 5.41) is 4.27. The number of anilines is 1. The number of thiocarbonyl (C=S) groups is 1. The summed E-state index contributed by atoms with van der Waals surface area (Å²) in [4.78, 5) is 16.6. The molecule has 4 rings (SSSR count). The number of oxazole rings is 1. The van der Waals surface area contributed by atoms with Crippen LogP contribution in [0.15, 0.2) is 52.9 Å². The van der Waals surface area contributed by atoms with Gasteiger partial charge in [-0.2, -0.15) is 8.78 Å². The minimum absolute atomic E-state index is 0.336. The Balaban J connectivity index is 1.53. The first-order valence-corrected chi connectivity index (χ1v) is 9.69. The molecule has 0 spiro atoms. The minimum Gasteiger partial charge on any atom is -0.491 e. The largest absolute Gasteiger partial charge is 0.491 e. The second-order valence-electron chi connectivity index (χ2n) is 6.64. The Labute approximate surface area is 189 Å². The maximum atomic E-state index is 14.1. The molecule has 1 aromatic heterocycles. The monoisotopic (exact) mass is 475 g/mol. The van der Waals surface area contributed by atoms with Crippen LogP contribution < -0.4 is 15.4 Å². The number of carbonyl (C=O) groups is 1. The van der Waals surface area contributed by atoms with Crippen molar-refractivity contribution >= 4 is 40.0 Å². The van der Waals surface area contributed by atoms with Gasteiger partial charge in [-0.15, -0.1) is 0 Å². The lowest BCUT2D eigenvalue weighted by molar-refractivity contribution is 0.0966. The third-order valence-corrected chi connectivity index (χ3v) is 4.75. The highest BCUT2D eigenvalue weighted by molar-refractivity contribution is 7.80. The Morgan fingerprint density at radius 3 is 2.36 bits per heavy atom. The van der Waals surface area contributed by atoms with Gasteiger partial charge in [-0.05, 0) is 42.5 Å². The third kappa shape index (κ3) is 4.22. The van der Waals surface area contributed by atoms with Gasteiger partial charge in [-0.25, -0.2) is 13.8 Å². The molecule has 0 saturated heterocycles. The highest BCUT2D eigenvalue weighted by Gasteiger charge is 2.30. The highest BCUT2D eigenvalue weighted by atomic mass is 32.1. The fourth-order valence-corrected chi connectivity index (χ4v) is 3.25. The van der Waals surface area contributed by atoms with Crippen LogP contribution in [0.1, 0.15) is 10.4 Å². The standard InChI is InChI=1S/C22H13F4N3O3S/c1-31-19-17(25)15(23)14(16(24)18(19)26)20(30)29-22(33)27-11-6-4-5-10(9-11)21-28-12-7-2-3-8-13(12)32-21/h2-9H,1H3,(H2,27,29,30,33). The Kier molecular flexibility index (Phi) is 5.97. The average molecular weight is 475 g/mol. The summed E-state index contributed by atoms with van der Waals surface area (Å²) < 4.78 is 66.0. The number of amides is 1. The van der Waals surface area contributed by atoms with Gasteiger partial charge in [-0.1, -0.05) is 18.2 Å². The van der Waals surface area contributed by atoms with E-state index in [-0.39, 0.29) is 5.11 Å². The van der Waals surface area contributed by atoms with E-state index in [4.69, 9.17) is 16.6 Å². The van der Waals surface area contributed by atoms with Crippen molar-refractivity contribution in [3.63, 3.8) is 0 Å². The van der Waals surface area contributed by atoms with E-state index in [1.165, 1.54) is 0 Å². The molecular weight excluding hydrogens is 462 g/mol. The minimum atomic E-state index is -1.91. The molecule has 0 aliphatic rings. The molecule has 11 heteroatoms. The number of fused-ring (bicyclic) bond motifs is 1. The van der Waals surface area contributed by atoms with Crippen LogP contribution in [0.25, 0.3) is 22.6 Å². The SMILES string of the molecule is COc1c(F)c(F)c(C(=O)NC(=S)Nc2cccc(-c3nc4ccccc4o3)c2)c(F)c1F. The smallest absolute Gasteiger partial charge is 0.263 e. The Morgan fingerprint density at radius 2 is 1.70 bits per heavy atom. The molecule has 4 aromatic rings. The summed E-state index contributed by atoms with van der Waals surface area (Å²) in [7, 11) is 0.828. The molecule has 0 atom stereocenters. The van der Waals surface area contributed by atoms with E-state index in [0.29, 0.717) is 28.2 Å². The van der Waals surface area contributed by atoms with Crippen molar-refractivity contribution in [2.45, 2.75) is 0 Å². The summed E-state index contributed by atoms with van der Waals surface area (Å²) >= 11 is 4.99. The van der Waals surface area contributed by atoms with E-state index in [9.17, 15) is 22.4 Å². The topological polar surface area (TPSA) is 76.4 Å². The normalized spacial score (nSPS) is 10.8. The maximum Gasteiger partial charge on any atom is 0.263 e. The van der Waals surface area contributed by atoms with Crippen molar-refractivity contribution in [1.82, 2.24) is 10.3 Å². The van der Waals surface area contributed by atoms with Crippen LogP contribution in [0, 0.1) is 23.3 Å². The lowest BCUT2D eigenvalue weighted by Crippen LogP contribution is -2.35. The fraction of sp³-hybridized carbons (Fsp3) is 0.0455. The number of ether oxygens (including phenoxy) is 1. The molecule has 2 N–H and O–H groups in total. The number of nitrogens with one attached hydrogen (secondary N) is 2. The van der Waals surface area contributed by atoms with Crippen molar-refractivity contribution in [1.29, 1.82) is 0 Å². The van der Waals surface area contributed by atoms with Gasteiger partial charge < -0.3 is 14.5 Å². The zero-order chi connectivity index (χ0) is 23.7. The number of hydrogen-bond acceptors (Lipinski definition) is 5. The summed E-state index contributed by atoms with van der Waals surface area (Å²) in [6, 6.07) is 13.8. The van der Waals surface area contributed by atoms with Crippen LogP contribution in [0.4, 0.5) is 23.2 Å². The summed E-state index contributed by atoms with van der Waals surface area (Å²) in [5.74, 6) is -9.94. The quantitative estimate of drug-likeness (QED) is 0.241. The van der Waals surface area contributed by atoms with E-state index < -0.39 is 40.5 Å². The molecule has 0 radical (unpaired) electrons. The Hall–Kier alpha value is -3.99. The van der Waals surface area contributed by atoms with Crippen molar-refractivity contribution in [2.24, 2.45) is 0 Å². The summed E-state index contributed by atoms with van der Waals surface area (Å²) in [6.07, 6.45) is 0. The Morgan fingerprint density at radius 1 is 1.00 bits per heavy atom. The van der Waals surface area contributed by atoms with E-state index in [0.717, 1.165) is 7.11 Å². The van der Waals surface area contributed by atoms with Crippen LogP contribution >= 0.6 is 12.2 Å². The second kappa shape index (κ2) is 8.87. The van der Waals surface area contributed by atoms with E-state index in [1.54, 1.807) is 36.4 Å². The predicted molar refractivity (Wildman–Crippen MR) is 116 cm³/mol. The zero-order valence-corrected chi connectivity index (χ0v) is 17.5. The molecule has 168 valence electrons. The zero-order valence-electron chi connectivity index (χ0n) is 16.7. The number of nitrogens with zero attached hydrogens (tertiary/aromatic N) is 1. The van der Waals surface area contributed by atoms with Crippen LogP contribution in [-0.4, -0.2) is 23.1 Å². The van der Waals surface area contributed by atoms with Crippen LogP contribution in [-0.2, 0) is 0 Å². The van der Waals surface area contributed by atoms with Crippen LogP contribution in [0.2, 0.25) is 0 Å². The number of hydrogen-bond donors (Lipinski definition) is 2. The van der Waals surface area contributed by atoms with Gasteiger partial charge in [-0.3, -0.25) is 10.1 Å². The number of aromatic nitrogens is 1. The van der Waals surface area contributed by atoms with E-state index >= 15 is 0 Å². The first-order chi connectivity index (χ1) is 15.8. The van der Waals surface area contributed by atoms with Gasteiger partial charge in [0.25, 0.3) is 5.91 Å².